The van der Waals surface area contributed by atoms with Crippen molar-refractivity contribution in [3.05, 3.63) is 47.5 Å². The predicted octanol–water partition coefficient (Wildman–Crippen LogP) is 0.717. The number of hydrogen-bond donors (Lipinski definition) is 3. The first kappa shape index (κ1) is 20.4. The fourth-order valence-electron chi connectivity index (χ4n) is 2.64. The van der Waals surface area contributed by atoms with Gasteiger partial charge in [0.15, 0.2) is 11.5 Å². The molecule has 10 nitrogen and oxygen atoms in total. The van der Waals surface area contributed by atoms with Crippen LogP contribution in [-0.4, -0.2) is 45.7 Å². The van der Waals surface area contributed by atoms with Crippen molar-refractivity contribution in [2.45, 2.75) is 11.3 Å². The van der Waals surface area contributed by atoms with Crippen molar-refractivity contribution in [2.24, 2.45) is 0 Å². The minimum atomic E-state index is -4.24. The Morgan fingerprint density at radius 1 is 1.10 bits per heavy atom. The molecule has 2 aromatic carbocycles. The second-order valence-corrected chi connectivity index (χ2v) is 7.62. The lowest BCUT2D eigenvalue weighted by Gasteiger charge is -2.18. The average molecular weight is 422 g/mol. The Morgan fingerprint density at radius 2 is 1.83 bits per heavy atom. The molecule has 1 aliphatic rings. The number of methoxy groups -OCH3 is 1. The van der Waals surface area contributed by atoms with Crippen LogP contribution < -0.4 is 24.5 Å². The standard InChI is InChI=1S/C18H18N2O8S/c1-26-14-4-2-11(9-17(21)22)8-16(14)29(24,25)20-19-18(23)12-3-5-13-15(10-12)28-7-6-27-13/h2-5,8,10,20H,6-7,9H2,1H3,(H,19,23)(H,21,22). The Morgan fingerprint density at radius 3 is 2.52 bits per heavy atom. The molecule has 154 valence electrons. The molecule has 2 aromatic rings. The Hall–Kier alpha value is -3.31. The van der Waals surface area contributed by atoms with Crippen LogP contribution in [0.3, 0.4) is 0 Å². The summed E-state index contributed by atoms with van der Waals surface area (Å²) in [6, 6.07) is 8.41. The third-order valence-corrected chi connectivity index (χ3v) is 5.25. The molecule has 0 saturated carbocycles. The summed E-state index contributed by atoms with van der Waals surface area (Å²) in [5, 5.41) is 8.90. The van der Waals surface area contributed by atoms with Crippen molar-refractivity contribution in [1.29, 1.82) is 0 Å². The number of ether oxygens (including phenoxy) is 3. The maximum absolute atomic E-state index is 12.6. The number of carboxylic acid groups (broad SMARTS) is 1. The van der Waals surface area contributed by atoms with Crippen molar-refractivity contribution in [1.82, 2.24) is 10.3 Å². The van der Waals surface area contributed by atoms with E-state index in [9.17, 15) is 18.0 Å². The van der Waals surface area contributed by atoms with Crippen LogP contribution >= 0.6 is 0 Å². The Kier molecular flexibility index (Phi) is 5.89. The minimum absolute atomic E-state index is 0.000201. The molecule has 3 rings (SSSR count). The van der Waals surface area contributed by atoms with Gasteiger partial charge >= 0.3 is 5.97 Å². The molecular formula is C18H18N2O8S. The number of sulfonamides is 1. The fraction of sp³-hybridized carbons (Fsp3) is 0.222. The van der Waals surface area contributed by atoms with Gasteiger partial charge in [-0.15, -0.1) is 4.83 Å². The van der Waals surface area contributed by atoms with Crippen molar-refractivity contribution >= 4 is 21.9 Å². The van der Waals surface area contributed by atoms with Crippen molar-refractivity contribution < 1.29 is 37.3 Å². The van der Waals surface area contributed by atoms with Gasteiger partial charge in [0, 0.05) is 5.56 Å². The first-order valence-corrected chi connectivity index (χ1v) is 9.89. The predicted molar refractivity (Wildman–Crippen MR) is 99.6 cm³/mol. The molecule has 11 heteroatoms. The second kappa shape index (κ2) is 8.37. The third kappa shape index (κ3) is 4.76. The molecule has 0 aliphatic carbocycles. The number of carbonyl (C=O) groups excluding carboxylic acids is 1. The summed E-state index contributed by atoms with van der Waals surface area (Å²) < 4.78 is 41.0. The molecule has 29 heavy (non-hydrogen) atoms. The van der Waals surface area contributed by atoms with E-state index in [0.717, 1.165) is 0 Å². The molecule has 0 aromatic heterocycles. The maximum Gasteiger partial charge on any atom is 0.307 e. The highest BCUT2D eigenvalue weighted by atomic mass is 32.2. The van der Waals surface area contributed by atoms with Crippen LogP contribution in [0.1, 0.15) is 15.9 Å². The van der Waals surface area contributed by atoms with Crippen LogP contribution in [0.15, 0.2) is 41.3 Å². The largest absolute Gasteiger partial charge is 0.495 e. The molecule has 0 bridgehead atoms. The smallest absolute Gasteiger partial charge is 0.307 e. The molecule has 1 heterocycles. The van der Waals surface area contributed by atoms with E-state index in [1.165, 1.54) is 37.4 Å². The van der Waals surface area contributed by atoms with Gasteiger partial charge in [0.1, 0.15) is 23.9 Å². The number of rotatable bonds is 7. The van der Waals surface area contributed by atoms with E-state index in [-0.39, 0.29) is 28.2 Å². The number of carbonyl (C=O) groups is 2. The van der Waals surface area contributed by atoms with Crippen LogP contribution in [0.25, 0.3) is 0 Å². The van der Waals surface area contributed by atoms with E-state index < -0.39 is 21.9 Å². The second-order valence-electron chi connectivity index (χ2n) is 5.97. The number of nitrogens with one attached hydrogen (secondary N) is 2. The summed E-state index contributed by atoms with van der Waals surface area (Å²) in [5.74, 6) is -0.951. The Labute approximate surface area is 166 Å². The summed E-state index contributed by atoms with van der Waals surface area (Å²) >= 11 is 0. The van der Waals surface area contributed by atoms with E-state index in [4.69, 9.17) is 19.3 Å². The highest BCUT2D eigenvalue weighted by Gasteiger charge is 2.22. The lowest BCUT2D eigenvalue weighted by Crippen LogP contribution is -2.41. The lowest BCUT2D eigenvalue weighted by atomic mass is 10.1. The summed E-state index contributed by atoms with van der Waals surface area (Å²) in [4.78, 5) is 24.9. The van der Waals surface area contributed by atoms with E-state index >= 15 is 0 Å². The van der Waals surface area contributed by atoms with Gasteiger partial charge in [-0.2, -0.15) is 0 Å². The van der Waals surface area contributed by atoms with E-state index in [2.05, 4.69) is 5.43 Å². The number of fused-ring (bicyclic) bond motifs is 1. The van der Waals surface area contributed by atoms with Gasteiger partial charge in [0.25, 0.3) is 15.9 Å². The third-order valence-electron chi connectivity index (χ3n) is 3.98. The van der Waals surface area contributed by atoms with Crippen LogP contribution in [0.4, 0.5) is 0 Å². The van der Waals surface area contributed by atoms with Gasteiger partial charge in [-0.05, 0) is 35.9 Å². The summed E-state index contributed by atoms with van der Waals surface area (Å²) in [5.41, 5.74) is 2.53. The van der Waals surface area contributed by atoms with Gasteiger partial charge in [-0.1, -0.05) is 6.07 Å². The number of hydrazine groups is 1. The average Bonchev–Trinajstić information content (AvgIpc) is 2.71. The molecular weight excluding hydrogens is 404 g/mol. The van der Waals surface area contributed by atoms with Crippen molar-refractivity contribution in [3.8, 4) is 17.2 Å². The summed E-state index contributed by atoms with van der Waals surface area (Å²) in [6.45, 7) is 0.748. The van der Waals surface area contributed by atoms with Crippen LogP contribution in [-0.2, 0) is 21.2 Å². The topological polar surface area (TPSA) is 140 Å². The van der Waals surface area contributed by atoms with Gasteiger partial charge < -0.3 is 19.3 Å². The van der Waals surface area contributed by atoms with Gasteiger partial charge in [0.05, 0.1) is 13.5 Å². The zero-order chi connectivity index (χ0) is 21.0. The quantitative estimate of drug-likeness (QED) is 0.555. The van der Waals surface area contributed by atoms with E-state index in [1.54, 1.807) is 6.07 Å². The number of amides is 1. The zero-order valence-corrected chi connectivity index (χ0v) is 16.1. The molecule has 1 aliphatic heterocycles. The van der Waals surface area contributed by atoms with Crippen molar-refractivity contribution in [2.75, 3.05) is 20.3 Å². The molecule has 0 fully saturated rings. The molecule has 0 saturated heterocycles. The molecule has 3 N–H and O–H groups in total. The molecule has 0 atom stereocenters. The van der Waals surface area contributed by atoms with Gasteiger partial charge in [0.2, 0.25) is 0 Å². The number of carboxylic acids is 1. The van der Waals surface area contributed by atoms with Crippen LogP contribution in [0, 0.1) is 0 Å². The van der Waals surface area contributed by atoms with E-state index in [0.29, 0.717) is 24.7 Å². The lowest BCUT2D eigenvalue weighted by molar-refractivity contribution is -0.136. The number of aliphatic carboxylic acids is 1. The molecule has 0 spiro atoms. The summed E-state index contributed by atoms with van der Waals surface area (Å²) in [7, 11) is -2.96. The minimum Gasteiger partial charge on any atom is -0.495 e. The first-order valence-electron chi connectivity index (χ1n) is 8.40. The zero-order valence-electron chi connectivity index (χ0n) is 15.3. The Balaban J connectivity index is 1.77. The van der Waals surface area contributed by atoms with Crippen molar-refractivity contribution in [3.63, 3.8) is 0 Å². The highest BCUT2D eigenvalue weighted by molar-refractivity contribution is 7.89. The monoisotopic (exact) mass is 422 g/mol. The highest BCUT2D eigenvalue weighted by Crippen LogP contribution is 2.30. The van der Waals surface area contributed by atoms with E-state index in [1.807, 2.05) is 4.83 Å². The molecule has 1 amide bonds. The summed E-state index contributed by atoms with van der Waals surface area (Å²) in [6.07, 6.45) is -0.365. The molecule has 0 unspecified atom stereocenters. The number of benzene rings is 2. The van der Waals surface area contributed by atoms with Crippen LogP contribution in [0.2, 0.25) is 0 Å². The fourth-order valence-corrected chi connectivity index (χ4v) is 3.70. The van der Waals surface area contributed by atoms with Gasteiger partial charge in [-0.25, -0.2) is 8.42 Å². The maximum atomic E-state index is 12.6. The number of hydrogen-bond acceptors (Lipinski definition) is 7. The SMILES string of the molecule is COc1ccc(CC(=O)O)cc1S(=O)(=O)NNC(=O)c1ccc2c(c1)OCCO2. The van der Waals surface area contributed by atoms with Crippen LogP contribution in [0.5, 0.6) is 17.2 Å². The normalized spacial score (nSPS) is 12.9. The first-order chi connectivity index (χ1) is 13.8. The van der Waals surface area contributed by atoms with Gasteiger partial charge in [-0.3, -0.25) is 15.0 Å². The molecule has 0 radical (unpaired) electrons. The Bertz CT molecular complexity index is 1050.